The molecule has 12 rings (SSSR count). The van der Waals surface area contributed by atoms with Crippen LogP contribution in [0.2, 0.25) is 0 Å². The van der Waals surface area contributed by atoms with E-state index in [-0.39, 0.29) is 5.41 Å². The number of hydrogen-bond donors (Lipinski definition) is 0. The largest absolute Gasteiger partial charge is 0.309 e. The molecule has 8 aromatic carbocycles. The Morgan fingerprint density at radius 3 is 1.24 bits per heavy atom. The summed E-state index contributed by atoms with van der Waals surface area (Å²) < 4.78 is 4.93. The van der Waals surface area contributed by atoms with Crippen molar-refractivity contribution in [3.05, 3.63) is 190 Å². The first-order valence-electron chi connectivity index (χ1n) is 21.2. The molecule has 0 fully saturated rings. The quantitative estimate of drug-likeness (QED) is 0.170. The Morgan fingerprint density at radius 1 is 0.373 bits per heavy atom. The van der Waals surface area contributed by atoms with Gasteiger partial charge in [-0.15, -0.1) is 0 Å². The molecule has 10 aromatic rings. The zero-order chi connectivity index (χ0) is 40.1. The summed E-state index contributed by atoms with van der Waals surface area (Å²) in [6.07, 6.45) is 0. The minimum atomic E-state index is -0.149. The average molecular weight is 759 g/mol. The monoisotopic (exact) mass is 758 g/mol. The molecule has 2 aliphatic rings. The lowest BCUT2D eigenvalue weighted by molar-refractivity contribution is 0.660. The molecular weight excluding hydrogens is 713 g/mol. The van der Waals surface area contributed by atoms with Crippen molar-refractivity contribution in [1.82, 2.24) is 9.13 Å². The summed E-state index contributed by atoms with van der Waals surface area (Å²) in [5, 5.41) is 5.27. The van der Waals surface area contributed by atoms with E-state index in [1.807, 2.05) is 0 Å². The Bertz CT molecular complexity index is 3350. The van der Waals surface area contributed by atoms with Gasteiger partial charge in [0.05, 0.1) is 22.1 Å². The van der Waals surface area contributed by atoms with Gasteiger partial charge in [0.2, 0.25) is 0 Å². The molecule has 0 radical (unpaired) electrons. The van der Waals surface area contributed by atoms with Crippen LogP contribution in [-0.2, 0) is 5.41 Å². The van der Waals surface area contributed by atoms with Gasteiger partial charge in [-0.2, -0.15) is 0 Å². The van der Waals surface area contributed by atoms with Crippen molar-refractivity contribution < 1.29 is 0 Å². The fraction of sp³-hybridized carbons (Fsp3) is 0.158. The molecule has 1 atom stereocenters. The maximum atomic E-state index is 2.47. The van der Waals surface area contributed by atoms with Gasteiger partial charge in [0.25, 0.3) is 0 Å². The second-order valence-corrected chi connectivity index (χ2v) is 18.2. The Labute approximate surface area is 346 Å². The third-order valence-electron chi connectivity index (χ3n) is 14.0. The van der Waals surface area contributed by atoms with Crippen LogP contribution in [0.5, 0.6) is 0 Å². The van der Waals surface area contributed by atoms with Gasteiger partial charge in [-0.05, 0) is 168 Å². The van der Waals surface area contributed by atoms with E-state index in [4.69, 9.17) is 0 Å². The molecule has 0 N–H and O–H groups in total. The van der Waals surface area contributed by atoms with Crippen LogP contribution in [0.3, 0.4) is 0 Å². The van der Waals surface area contributed by atoms with Crippen LogP contribution in [-0.4, -0.2) is 9.13 Å². The van der Waals surface area contributed by atoms with Crippen LogP contribution in [0.1, 0.15) is 71.2 Å². The van der Waals surface area contributed by atoms with Crippen LogP contribution in [0, 0.1) is 27.7 Å². The lowest BCUT2D eigenvalue weighted by Gasteiger charge is -2.23. The molecular formula is C57H46N2. The smallest absolute Gasteiger partial charge is 0.0541 e. The summed E-state index contributed by atoms with van der Waals surface area (Å²) in [4.78, 5) is 0. The van der Waals surface area contributed by atoms with Gasteiger partial charge in [0, 0.05) is 44.3 Å². The molecule has 0 amide bonds. The van der Waals surface area contributed by atoms with Gasteiger partial charge >= 0.3 is 0 Å². The second kappa shape index (κ2) is 12.0. The highest BCUT2D eigenvalue weighted by Gasteiger charge is 2.36. The molecule has 2 aromatic heterocycles. The normalized spacial score (nSPS) is 15.0. The van der Waals surface area contributed by atoms with Crippen LogP contribution in [0.15, 0.2) is 146 Å². The average Bonchev–Trinajstić information content (AvgIpc) is 3.89. The molecule has 2 aliphatic carbocycles. The van der Waals surface area contributed by atoms with Gasteiger partial charge in [0.15, 0.2) is 0 Å². The minimum Gasteiger partial charge on any atom is -0.309 e. The van der Waals surface area contributed by atoms with Crippen LogP contribution in [0.4, 0.5) is 0 Å². The summed E-state index contributed by atoms with van der Waals surface area (Å²) in [6, 6.07) is 56.1. The Kier molecular flexibility index (Phi) is 6.97. The zero-order valence-corrected chi connectivity index (χ0v) is 34.8. The zero-order valence-electron chi connectivity index (χ0n) is 34.8. The fourth-order valence-electron chi connectivity index (χ4n) is 10.9. The van der Waals surface area contributed by atoms with Crippen LogP contribution >= 0.6 is 0 Å². The van der Waals surface area contributed by atoms with Crippen LogP contribution in [0.25, 0.3) is 88.4 Å². The van der Waals surface area contributed by atoms with E-state index < -0.39 is 0 Å². The molecule has 2 heterocycles. The first-order chi connectivity index (χ1) is 28.5. The number of benzene rings is 8. The summed E-state index contributed by atoms with van der Waals surface area (Å²) in [5.74, 6) is 0.291. The Hall–Kier alpha value is -6.64. The molecule has 0 bridgehead atoms. The van der Waals surface area contributed by atoms with Crippen molar-refractivity contribution in [2.24, 2.45) is 0 Å². The maximum Gasteiger partial charge on any atom is 0.0541 e. The highest BCUT2D eigenvalue weighted by Crippen LogP contribution is 2.52. The Balaban J connectivity index is 0.910. The number of fused-ring (bicyclic) bond motifs is 12. The van der Waals surface area contributed by atoms with Crippen LogP contribution < -0.4 is 0 Å². The summed E-state index contributed by atoms with van der Waals surface area (Å²) in [6.45, 7) is 16.0. The van der Waals surface area contributed by atoms with Crippen molar-refractivity contribution in [2.75, 3.05) is 0 Å². The molecule has 284 valence electrons. The van der Waals surface area contributed by atoms with Crippen molar-refractivity contribution in [1.29, 1.82) is 0 Å². The van der Waals surface area contributed by atoms with Gasteiger partial charge < -0.3 is 9.13 Å². The third-order valence-corrected chi connectivity index (χ3v) is 14.0. The van der Waals surface area contributed by atoms with Crippen molar-refractivity contribution >= 4 is 43.6 Å². The highest BCUT2D eigenvalue weighted by molar-refractivity contribution is 6.11. The van der Waals surface area contributed by atoms with Gasteiger partial charge in [-0.3, -0.25) is 0 Å². The molecule has 2 heteroatoms. The fourth-order valence-corrected chi connectivity index (χ4v) is 10.9. The summed E-state index contributed by atoms with van der Waals surface area (Å²) in [7, 11) is 0. The lowest BCUT2D eigenvalue weighted by Crippen LogP contribution is -2.15. The first-order valence-corrected chi connectivity index (χ1v) is 21.2. The van der Waals surface area contributed by atoms with E-state index in [0.717, 1.165) is 0 Å². The molecule has 0 saturated carbocycles. The Morgan fingerprint density at radius 2 is 0.746 bits per heavy atom. The standard InChI is InChI=1S/C57H46N2/c1-32-8-20-53-47(24-32)48-25-33(2)9-21-54(48)58(53)39-14-18-42-41-16-12-37(28-45(41)36(5)46(42)30-39)38-13-17-43-44-19-15-40(31-52(44)57(6,7)51(43)29-38)59-55-22-10-34(3)26-49(55)50-27-35(4)11-23-56(50)59/h8-31,36H,1-7H3. The van der Waals surface area contributed by atoms with E-state index in [0.29, 0.717) is 5.92 Å². The second-order valence-electron chi connectivity index (χ2n) is 18.2. The molecule has 1 unspecified atom stereocenters. The molecule has 0 spiro atoms. The van der Waals surface area contributed by atoms with Crippen molar-refractivity contribution in [3.8, 4) is 44.8 Å². The summed E-state index contributed by atoms with van der Waals surface area (Å²) >= 11 is 0. The molecule has 59 heavy (non-hydrogen) atoms. The highest BCUT2D eigenvalue weighted by atomic mass is 15.0. The molecule has 2 nitrogen and oxygen atoms in total. The summed E-state index contributed by atoms with van der Waals surface area (Å²) in [5.41, 5.74) is 26.0. The van der Waals surface area contributed by atoms with E-state index >= 15 is 0 Å². The van der Waals surface area contributed by atoms with Gasteiger partial charge in [-0.1, -0.05) is 104 Å². The topological polar surface area (TPSA) is 9.86 Å². The van der Waals surface area contributed by atoms with Crippen molar-refractivity contribution in [2.45, 2.75) is 59.8 Å². The van der Waals surface area contributed by atoms with Crippen molar-refractivity contribution in [3.63, 3.8) is 0 Å². The number of rotatable bonds is 3. The molecule has 0 saturated heterocycles. The van der Waals surface area contributed by atoms with E-state index in [2.05, 4.69) is 203 Å². The SMILES string of the molecule is Cc1ccc2c(c1)c1cc(C)ccc1n2-c1ccc2c(c1)C(C)c1cc(-c3ccc4c(c3)C(C)(C)c3cc(-n5c6ccc(C)cc6c6cc(C)ccc65)ccc3-4)ccc1-2. The third kappa shape index (κ3) is 4.81. The van der Waals surface area contributed by atoms with E-state index in [1.165, 1.54) is 133 Å². The van der Waals surface area contributed by atoms with E-state index in [1.54, 1.807) is 0 Å². The predicted octanol–water partition coefficient (Wildman–Crippen LogP) is 15.2. The lowest BCUT2D eigenvalue weighted by atomic mass is 9.81. The van der Waals surface area contributed by atoms with Gasteiger partial charge in [0.1, 0.15) is 0 Å². The number of aryl methyl sites for hydroxylation is 4. The van der Waals surface area contributed by atoms with E-state index in [9.17, 15) is 0 Å². The predicted molar refractivity (Wildman–Crippen MR) is 250 cm³/mol. The number of hydrogen-bond acceptors (Lipinski definition) is 0. The van der Waals surface area contributed by atoms with Gasteiger partial charge in [-0.25, -0.2) is 0 Å². The minimum absolute atomic E-state index is 0.149. The first kappa shape index (κ1) is 34.4. The maximum absolute atomic E-state index is 2.47. The number of nitrogens with zero attached hydrogens (tertiary/aromatic N) is 2. The molecule has 0 aliphatic heterocycles. The number of aromatic nitrogens is 2.